The molecule has 3 rings (SSSR count). The van der Waals surface area contributed by atoms with Crippen LogP contribution >= 0.6 is 11.3 Å². The number of thiophene rings is 1. The van der Waals surface area contributed by atoms with E-state index in [-0.39, 0.29) is 0 Å². The van der Waals surface area contributed by atoms with Gasteiger partial charge < -0.3 is 0 Å². The van der Waals surface area contributed by atoms with Gasteiger partial charge in [-0.3, -0.25) is 0 Å². The van der Waals surface area contributed by atoms with E-state index in [2.05, 4.69) is 41.2 Å². The Morgan fingerprint density at radius 1 is 1.20 bits per heavy atom. The zero-order valence-electron chi connectivity index (χ0n) is 8.40. The van der Waals surface area contributed by atoms with Gasteiger partial charge in [-0.1, -0.05) is 25.1 Å². The molecular formula is C12H10N2S. The van der Waals surface area contributed by atoms with Gasteiger partial charge in [0.25, 0.3) is 0 Å². The Kier molecular flexibility index (Phi) is 1.92. The lowest BCUT2D eigenvalue weighted by Crippen LogP contribution is -1.87. The largest absolute Gasteiger partial charge is 0.240 e. The predicted octanol–water partition coefficient (Wildman–Crippen LogP) is 3.41. The molecule has 0 N–H and O–H groups in total. The fraction of sp³-hybridized carbons (Fsp3) is 0.167. The van der Waals surface area contributed by atoms with Gasteiger partial charge in [0.1, 0.15) is 6.33 Å². The summed E-state index contributed by atoms with van der Waals surface area (Å²) in [5.74, 6) is 0. The summed E-state index contributed by atoms with van der Waals surface area (Å²) in [6, 6.07) is 8.39. The highest BCUT2D eigenvalue weighted by molar-refractivity contribution is 7.25. The number of aryl methyl sites for hydroxylation is 1. The smallest absolute Gasteiger partial charge is 0.116 e. The molecule has 0 unspecified atom stereocenters. The Hall–Kier alpha value is -1.48. The van der Waals surface area contributed by atoms with Crippen LogP contribution in [0.2, 0.25) is 0 Å². The van der Waals surface area contributed by atoms with Crippen molar-refractivity contribution in [3.63, 3.8) is 0 Å². The molecule has 0 aliphatic heterocycles. The first-order valence-corrected chi connectivity index (χ1v) is 5.83. The number of benzene rings is 1. The number of nitrogens with zero attached hydrogens (tertiary/aromatic N) is 2. The molecule has 0 aliphatic carbocycles. The van der Waals surface area contributed by atoms with Gasteiger partial charge in [0, 0.05) is 10.1 Å². The van der Waals surface area contributed by atoms with E-state index in [9.17, 15) is 0 Å². The first-order valence-electron chi connectivity index (χ1n) is 5.01. The molecule has 1 aromatic carbocycles. The van der Waals surface area contributed by atoms with Gasteiger partial charge in [-0.2, -0.15) is 0 Å². The zero-order chi connectivity index (χ0) is 10.3. The Bertz CT molecular complexity index is 628. The normalized spacial score (nSPS) is 11.3. The molecule has 0 radical (unpaired) electrons. The molecule has 3 aromatic rings. The summed E-state index contributed by atoms with van der Waals surface area (Å²) < 4.78 is 2.53. The Morgan fingerprint density at radius 3 is 2.93 bits per heavy atom. The maximum Gasteiger partial charge on any atom is 0.116 e. The highest BCUT2D eigenvalue weighted by Gasteiger charge is 2.08. The molecule has 0 aliphatic rings. The van der Waals surface area contributed by atoms with Crippen LogP contribution in [0.3, 0.4) is 0 Å². The van der Waals surface area contributed by atoms with Crippen LogP contribution in [0, 0.1) is 0 Å². The van der Waals surface area contributed by atoms with E-state index >= 15 is 0 Å². The molecule has 74 valence electrons. The molecule has 0 fully saturated rings. The lowest BCUT2D eigenvalue weighted by Gasteiger charge is -1.95. The Balaban J connectivity index is 2.53. The molecule has 0 amide bonds. The third-order valence-electron chi connectivity index (χ3n) is 2.57. The molecule has 3 heteroatoms. The van der Waals surface area contributed by atoms with E-state index in [1.807, 2.05) is 0 Å². The van der Waals surface area contributed by atoms with Crippen molar-refractivity contribution in [1.82, 2.24) is 9.97 Å². The summed E-state index contributed by atoms with van der Waals surface area (Å²) >= 11 is 1.79. The molecule has 0 spiro atoms. The minimum atomic E-state index is 0.964. The van der Waals surface area contributed by atoms with Gasteiger partial charge in [0.15, 0.2) is 0 Å². The lowest BCUT2D eigenvalue weighted by atomic mass is 10.2. The number of aromatic nitrogens is 2. The Morgan fingerprint density at radius 2 is 2.07 bits per heavy atom. The van der Waals surface area contributed by atoms with Crippen molar-refractivity contribution < 1.29 is 0 Å². The van der Waals surface area contributed by atoms with Crippen LogP contribution in [-0.2, 0) is 6.42 Å². The van der Waals surface area contributed by atoms with Crippen molar-refractivity contribution in [3.05, 3.63) is 36.3 Å². The lowest BCUT2D eigenvalue weighted by molar-refractivity contribution is 1.04. The third kappa shape index (κ3) is 1.23. The summed E-state index contributed by atoms with van der Waals surface area (Å²) in [6.07, 6.45) is 2.63. The second-order valence-electron chi connectivity index (χ2n) is 3.45. The van der Waals surface area contributed by atoms with Crippen LogP contribution in [-0.4, -0.2) is 9.97 Å². The summed E-state index contributed by atoms with van der Waals surface area (Å²) in [5.41, 5.74) is 2.25. The zero-order valence-corrected chi connectivity index (χ0v) is 9.21. The van der Waals surface area contributed by atoms with Gasteiger partial charge in [-0.15, -0.1) is 11.3 Å². The van der Waals surface area contributed by atoms with Crippen LogP contribution in [0.1, 0.15) is 12.6 Å². The average Bonchev–Trinajstić information content (AvgIpc) is 2.67. The van der Waals surface area contributed by atoms with E-state index in [0.717, 1.165) is 17.6 Å². The SMILES string of the molecule is CCc1ncnc2c1sc1ccccc12. The van der Waals surface area contributed by atoms with Crippen LogP contribution < -0.4 is 0 Å². The average molecular weight is 214 g/mol. The van der Waals surface area contributed by atoms with Crippen molar-refractivity contribution in [1.29, 1.82) is 0 Å². The van der Waals surface area contributed by atoms with Gasteiger partial charge >= 0.3 is 0 Å². The minimum absolute atomic E-state index is 0.964. The summed E-state index contributed by atoms with van der Waals surface area (Å²) in [7, 11) is 0. The molecule has 2 heterocycles. The van der Waals surface area contributed by atoms with Crippen LogP contribution in [0.4, 0.5) is 0 Å². The highest BCUT2D eigenvalue weighted by atomic mass is 32.1. The van der Waals surface area contributed by atoms with E-state index in [4.69, 9.17) is 0 Å². The molecule has 2 aromatic heterocycles. The van der Waals surface area contributed by atoms with Crippen molar-refractivity contribution in [2.24, 2.45) is 0 Å². The molecule has 0 saturated carbocycles. The van der Waals surface area contributed by atoms with E-state index in [1.54, 1.807) is 17.7 Å². The second kappa shape index (κ2) is 3.28. The molecule has 15 heavy (non-hydrogen) atoms. The Labute approximate surface area is 91.6 Å². The molecule has 0 bridgehead atoms. The first kappa shape index (κ1) is 8.80. The fourth-order valence-electron chi connectivity index (χ4n) is 1.82. The van der Waals surface area contributed by atoms with Crippen LogP contribution in [0.25, 0.3) is 20.3 Å². The molecule has 0 atom stereocenters. The first-order chi connectivity index (χ1) is 7.40. The van der Waals surface area contributed by atoms with E-state index < -0.39 is 0 Å². The maximum atomic E-state index is 4.38. The monoisotopic (exact) mass is 214 g/mol. The van der Waals surface area contributed by atoms with Gasteiger partial charge in [-0.05, 0) is 12.5 Å². The van der Waals surface area contributed by atoms with E-state index in [1.165, 1.54) is 14.8 Å². The molecular weight excluding hydrogens is 204 g/mol. The molecule has 2 nitrogen and oxygen atoms in total. The number of hydrogen-bond donors (Lipinski definition) is 0. The highest BCUT2D eigenvalue weighted by Crippen LogP contribution is 2.33. The van der Waals surface area contributed by atoms with Crippen LogP contribution in [0.5, 0.6) is 0 Å². The third-order valence-corrected chi connectivity index (χ3v) is 3.78. The maximum absolute atomic E-state index is 4.38. The summed E-state index contributed by atoms with van der Waals surface area (Å²) in [4.78, 5) is 8.70. The van der Waals surface area contributed by atoms with Gasteiger partial charge in [0.05, 0.1) is 15.9 Å². The van der Waals surface area contributed by atoms with Gasteiger partial charge in [0.2, 0.25) is 0 Å². The van der Waals surface area contributed by atoms with E-state index in [0.29, 0.717) is 0 Å². The minimum Gasteiger partial charge on any atom is -0.240 e. The number of fused-ring (bicyclic) bond motifs is 3. The van der Waals surface area contributed by atoms with Crippen molar-refractivity contribution in [2.45, 2.75) is 13.3 Å². The fourth-order valence-corrected chi connectivity index (χ4v) is 3.04. The van der Waals surface area contributed by atoms with Crippen LogP contribution in [0.15, 0.2) is 30.6 Å². The van der Waals surface area contributed by atoms with Gasteiger partial charge in [-0.25, -0.2) is 9.97 Å². The quantitative estimate of drug-likeness (QED) is 0.620. The standard InChI is InChI=1S/C12H10N2S/c1-2-9-12-11(14-7-13-9)8-5-3-4-6-10(8)15-12/h3-7H,2H2,1H3. The predicted molar refractivity (Wildman–Crippen MR) is 64.3 cm³/mol. The topological polar surface area (TPSA) is 25.8 Å². The number of hydrogen-bond acceptors (Lipinski definition) is 3. The van der Waals surface area contributed by atoms with Crippen molar-refractivity contribution in [2.75, 3.05) is 0 Å². The van der Waals surface area contributed by atoms with Crippen molar-refractivity contribution >= 4 is 31.6 Å². The van der Waals surface area contributed by atoms with Crippen molar-refractivity contribution in [3.8, 4) is 0 Å². The summed E-state index contributed by atoms with van der Waals surface area (Å²) in [6.45, 7) is 2.13. The summed E-state index contributed by atoms with van der Waals surface area (Å²) in [5, 5.41) is 1.25. The number of rotatable bonds is 1. The second-order valence-corrected chi connectivity index (χ2v) is 4.50. The molecule has 0 saturated heterocycles.